The van der Waals surface area contributed by atoms with E-state index in [9.17, 15) is 44.4 Å². The minimum Gasteiger partial charge on any atom is -0.463 e. The van der Waals surface area contributed by atoms with E-state index < -0.39 is 86.3 Å². The highest BCUT2D eigenvalue weighted by atomic mass is 35.5. The first kappa shape index (κ1) is 19.0. The summed E-state index contributed by atoms with van der Waals surface area (Å²) in [4.78, 5) is 59.1. The monoisotopic (exact) mass is 403 g/mol. The molecule has 0 aromatic heterocycles. The normalized spacial score (nSPS) is 20.8. The number of rotatable bonds is 9. The van der Waals surface area contributed by atoms with Crippen LogP contribution in [0.5, 0.6) is 0 Å². The second-order valence-electron chi connectivity index (χ2n) is 5.04. The third-order valence-corrected chi connectivity index (χ3v) is 3.42. The van der Waals surface area contributed by atoms with E-state index in [0.717, 1.165) is 0 Å². The fraction of sp³-hybridized carbons (Fsp3) is 0.643. The van der Waals surface area contributed by atoms with Gasteiger partial charge in [-0.3, -0.25) is 29.7 Å². The molecular formula is C14H22ClNO10. The van der Waals surface area contributed by atoms with E-state index in [1.54, 1.807) is 0 Å². The van der Waals surface area contributed by atoms with Crippen molar-refractivity contribution in [3.63, 3.8) is 0 Å². The number of Topliss-reactive ketones (excluding diaryl/α,β-unsaturated/α-hetero) is 4. The molecule has 0 saturated heterocycles. The van der Waals surface area contributed by atoms with E-state index >= 15 is 0 Å². The zero-order chi connectivity index (χ0) is 23.2. The third kappa shape index (κ3) is 4.14. The molecule has 0 bridgehead atoms. The second kappa shape index (κ2) is 8.75. The van der Waals surface area contributed by atoms with Gasteiger partial charge in [0.25, 0.3) is 0 Å². The van der Waals surface area contributed by atoms with Gasteiger partial charge in [-0.1, -0.05) is 0 Å². The van der Waals surface area contributed by atoms with Crippen LogP contribution in [0.25, 0.3) is 0 Å². The fourth-order valence-electron chi connectivity index (χ4n) is 2.01. The second-order valence-corrected chi connectivity index (χ2v) is 5.04. The van der Waals surface area contributed by atoms with Crippen molar-refractivity contribution in [3.05, 3.63) is 0 Å². The molecule has 150 valence electrons. The van der Waals surface area contributed by atoms with Gasteiger partial charge in [0.1, 0.15) is 12.7 Å². The first-order valence-electron chi connectivity index (χ1n) is 9.17. The summed E-state index contributed by atoms with van der Waals surface area (Å²) < 4.78 is 32.1. The maximum Gasteiger partial charge on any atom is 0.302 e. The zero-order valence-corrected chi connectivity index (χ0v) is 14.2. The van der Waals surface area contributed by atoms with Crippen molar-refractivity contribution in [1.29, 1.82) is 0 Å². The Morgan fingerprint density at radius 1 is 1.04 bits per heavy atom. The van der Waals surface area contributed by atoms with Crippen LogP contribution in [0.15, 0.2) is 0 Å². The standard InChI is InChI=1S/C14H21NO10.ClH/c1-6(16)11(21)14(15,24)13(23,8(3)18)12(22,7(2)17)10(20)5-25-9(4)19;/h10,20,22-24H,5,15H2,1-4H3;1H/t10-,12-,13+,14+;/m1./s1/i1D,2D,3D,4D;. The summed E-state index contributed by atoms with van der Waals surface area (Å²) in [7, 11) is 0. The van der Waals surface area contributed by atoms with Crippen LogP contribution in [0.1, 0.15) is 33.1 Å². The molecule has 0 aromatic rings. The van der Waals surface area contributed by atoms with Gasteiger partial charge < -0.3 is 25.2 Å². The largest absolute Gasteiger partial charge is 0.463 e. The molecule has 0 fully saturated rings. The molecule has 0 aliphatic heterocycles. The van der Waals surface area contributed by atoms with Crippen LogP contribution in [-0.4, -0.2) is 79.2 Å². The van der Waals surface area contributed by atoms with Gasteiger partial charge in [-0.25, -0.2) is 0 Å². The molecule has 0 heterocycles. The number of nitrogens with two attached hydrogens (primary N) is 1. The molecule has 0 aliphatic rings. The topological polar surface area (TPSA) is 202 Å². The highest BCUT2D eigenvalue weighted by molar-refractivity contribution is 6.40. The van der Waals surface area contributed by atoms with Crippen LogP contribution in [0.4, 0.5) is 0 Å². The molecule has 0 aliphatic carbocycles. The molecule has 0 unspecified atom stereocenters. The Morgan fingerprint density at radius 3 is 2.00 bits per heavy atom. The number of hydrogen-bond donors (Lipinski definition) is 5. The molecule has 0 amide bonds. The lowest BCUT2D eigenvalue weighted by molar-refractivity contribution is -0.250. The Hall–Kier alpha value is -1.76. The van der Waals surface area contributed by atoms with Gasteiger partial charge in [0, 0.05) is 19.3 Å². The van der Waals surface area contributed by atoms with Gasteiger partial charge in [-0.2, -0.15) is 0 Å². The number of hydrogen-bond acceptors (Lipinski definition) is 11. The lowest BCUT2D eigenvalue weighted by atomic mass is 9.66. The number of ether oxygens (including phenoxy) is 1. The Kier molecular flexibility index (Phi) is 6.40. The molecule has 0 spiro atoms. The summed E-state index contributed by atoms with van der Waals surface area (Å²) in [6.07, 6.45) is -2.80. The summed E-state index contributed by atoms with van der Waals surface area (Å²) in [5.74, 6) is -9.16. The van der Waals surface area contributed by atoms with Crippen LogP contribution in [0.3, 0.4) is 0 Å². The first-order valence-corrected chi connectivity index (χ1v) is 6.34. The van der Waals surface area contributed by atoms with Crippen molar-refractivity contribution in [3.8, 4) is 0 Å². The molecule has 0 rings (SSSR count). The van der Waals surface area contributed by atoms with Crippen molar-refractivity contribution in [1.82, 2.24) is 0 Å². The van der Waals surface area contributed by atoms with Crippen LogP contribution >= 0.6 is 12.4 Å². The lowest BCUT2D eigenvalue weighted by Crippen LogP contribution is -2.83. The van der Waals surface area contributed by atoms with Crippen LogP contribution in [0, 0.1) is 0 Å². The smallest absolute Gasteiger partial charge is 0.302 e. The summed E-state index contributed by atoms with van der Waals surface area (Å²) >= 11 is 0. The third-order valence-electron chi connectivity index (χ3n) is 3.42. The molecule has 0 radical (unpaired) electrons. The summed E-state index contributed by atoms with van der Waals surface area (Å²) in [5.41, 5.74) is -7.16. The van der Waals surface area contributed by atoms with E-state index in [-0.39, 0.29) is 12.4 Å². The average Bonchev–Trinajstić information content (AvgIpc) is 2.72. The van der Waals surface area contributed by atoms with Crippen molar-refractivity contribution in [2.24, 2.45) is 5.73 Å². The number of ketones is 4. The number of carbonyl (C=O) groups excluding carboxylic acids is 5. The molecular weight excluding hydrogens is 378 g/mol. The number of aliphatic hydroxyl groups is 4. The zero-order valence-electron chi connectivity index (χ0n) is 17.3. The number of carbonyl (C=O) groups is 5. The maximum absolute atomic E-state index is 12.3. The summed E-state index contributed by atoms with van der Waals surface area (Å²) in [6, 6.07) is 0. The molecule has 6 N–H and O–H groups in total. The van der Waals surface area contributed by atoms with Gasteiger partial charge in [0.2, 0.25) is 17.1 Å². The Balaban J connectivity index is 0. The lowest BCUT2D eigenvalue weighted by Gasteiger charge is -2.48. The molecule has 26 heavy (non-hydrogen) atoms. The van der Waals surface area contributed by atoms with Crippen LogP contribution in [0.2, 0.25) is 0 Å². The Bertz CT molecular complexity index is 694. The highest BCUT2D eigenvalue weighted by Crippen LogP contribution is 2.36. The van der Waals surface area contributed by atoms with Crippen molar-refractivity contribution in [2.45, 2.75) is 50.6 Å². The molecule has 0 aromatic carbocycles. The van der Waals surface area contributed by atoms with Crippen molar-refractivity contribution >= 4 is 41.5 Å². The van der Waals surface area contributed by atoms with Gasteiger partial charge in [-0.15, -0.1) is 12.4 Å². The molecule has 0 saturated carbocycles. The minimum absolute atomic E-state index is 0. The van der Waals surface area contributed by atoms with Crippen LogP contribution in [-0.2, 0) is 28.7 Å². The summed E-state index contributed by atoms with van der Waals surface area (Å²) in [6.45, 7) is -6.66. The first-order chi connectivity index (χ1) is 13.2. The van der Waals surface area contributed by atoms with Gasteiger partial charge in [0.15, 0.2) is 23.0 Å². The summed E-state index contributed by atoms with van der Waals surface area (Å²) in [5, 5.41) is 42.0. The van der Waals surface area contributed by atoms with Crippen molar-refractivity contribution < 1.29 is 54.6 Å². The predicted octanol–water partition coefficient (Wildman–Crippen LogP) is -3.22. The van der Waals surface area contributed by atoms with E-state index in [1.165, 1.54) is 0 Å². The number of esters is 1. The quantitative estimate of drug-likeness (QED) is 0.147. The van der Waals surface area contributed by atoms with E-state index in [4.69, 9.17) is 11.2 Å². The average molecular weight is 404 g/mol. The van der Waals surface area contributed by atoms with Gasteiger partial charge >= 0.3 is 5.97 Å². The van der Waals surface area contributed by atoms with E-state index in [1.807, 2.05) is 0 Å². The van der Waals surface area contributed by atoms with Crippen LogP contribution < -0.4 is 5.73 Å². The van der Waals surface area contributed by atoms with Gasteiger partial charge in [0.05, 0.1) is 0 Å². The number of halogens is 1. The van der Waals surface area contributed by atoms with E-state index in [2.05, 4.69) is 4.74 Å². The highest BCUT2D eigenvalue weighted by Gasteiger charge is 2.72. The Labute approximate surface area is 160 Å². The van der Waals surface area contributed by atoms with E-state index in [0.29, 0.717) is 0 Å². The Morgan fingerprint density at radius 2 is 1.58 bits per heavy atom. The predicted molar refractivity (Wildman–Crippen MR) is 86.0 cm³/mol. The fourth-order valence-corrected chi connectivity index (χ4v) is 2.01. The minimum atomic E-state index is -4.26. The molecule has 4 atom stereocenters. The number of aliphatic hydroxyl groups excluding tert-OH is 1. The van der Waals surface area contributed by atoms with Crippen molar-refractivity contribution in [2.75, 3.05) is 6.61 Å². The maximum atomic E-state index is 12.3. The van der Waals surface area contributed by atoms with Gasteiger partial charge in [-0.05, 0) is 13.8 Å². The molecule has 12 heteroatoms. The molecule has 11 nitrogen and oxygen atoms in total. The SMILES string of the molecule is Cl.[2H]CC(=O)OC[C@@H](O)[C@](O)(C(=O)C[2H])[C@@](O)(C(=O)C[2H])[C@@](N)(O)C(=O)C(=O)C[2H].